The molecule has 5 rings (SSSR count). The molecule has 1 aliphatic rings. The highest BCUT2D eigenvalue weighted by atomic mass is 32.1. The summed E-state index contributed by atoms with van der Waals surface area (Å²) in [6.07, 6.45) is 1.84. The van der Waals surface area contributed by atoms with Crippen LogP contribution >= 0.6 is 11.3 Å². The molecular weight excluding hydrogens is 578 g/mol. The van der Waals surface area contributed by atoms with Gasteiger partial charge in [-0.1, -0.05) is 17.4 Å². The van der Waals surface area contributed by atoms with E-state index in [1.54, 1.807) is 44.8 Å². The monoisotopic (exact) mass is 615 g/mol. The van der Waals surface area contributed by atoms with E-state index < -0.39 is 12.0 Å². The average molecular weight is 616 g/mol. The molecule has 1 aliphatic heterocycles. The van der Waals surface area contributed by atoms with E-state index in [4.69, 9.17) is 23.9 Å². The maximum atomic E-state index is 14.2. The van der Waals surface area contributed by atoms with Gasteiger partial charge in [-0.3, -0.25) is 9.36 Å². The highest BCUT2D eigenvalue weighted by Crippen LogP contribution is 2.36. The van der Waals surface area contributed by atoms with Crippen molar-refractivity contribution in [1.29, 1.82) is 0 Å². The van der Waals surface area contributed by atoms with Crippen LogP contribution in [0.3, 0.4) is 0 Å². The van der Waals surface area contributed by atoms with Gasteiger partial charge in [-0.05, 0) is 101 Å². The summed E-state index contributed by atoms with van der Waals surface area (Å²) >= 11 is 1.29. The zero-order chi connectivity index (χ0) is 31.7. The van der Waals surface area contributed by atoms with Crippen LogP contribution in [0.1, 0.15) is 56.3 Å². The average Bonchev–Trinajstić information content (AvgIpc) is 3.45. The van der Waals surface area contributed by atoms with Crippen LogP contribution in [0.25, 0.3) is 11.8 Å². The number of esters is 1. The van der Waals surface area contributed by atoms with Crippen LogP contribution in [-0.2, 0) is 9.53 Å². The molecule has 0 radical (unpaired) electrons. The minimum Gasteiger partial charge on any atom is -0.497 e. The summed E-state index contributed by atoms with van der Waals surface area (Å²) in [6.45, 7) is 11.6. The molecule has 0 bridgehead atoms. The van der Waals surface area contributed by atoms with Crippen LogP contribution in [-0.4, -0.2) is 42.0 Å². The van der Waals surface area contributed by atoms with Crippen molar-refractivity contribution in [3.8, 4) is 22.9 Å². The van der Waals surface area contributed by atoms with Gasteiger partial charge in [-0.15, -0.1) is 0 Å². The zero-order valence-electron chi connectivity index (χ0n) is 26.3. The van der Waals surface area contributed by atoms with Crippen molar-refractivity contribution in [2.24, 2.45) is 4.99 Å². The SMILES string of the molecule is CCOC(=O)C1=C(C)N=c2s/c(=C\c3cc(C)n(-c4ccc(OC)cc4)c3C)c(=O)n2[C@H]1c1ccc(OC(C)C)c(OC)c1. The summed E-state index contributed by atoms with van der Waals surface area (Å²) in [5.74, 6) is 1.34. The normalized spacial score (nSPS) is 14.8. The molecule has 0 saturated carbocycles. The van der Waals surface area contributed by atoms with Gasteiger partial charge in [0.2, 0.25) is 0 Å². The van der Waals surface area contributed by atoms with Crippen molar-refractivity contribution in [2.75, 3.05) is 20.8 Å². The molecule has 0 spiro atoms. The summed E-state index contributed by atoms with van der Waals surface area (Å²) in [7, 11) is 3.21. The van der Waals surface area contributed by atoms with Crippen LogP contribution in [0.15, 0.2) is 69.6 Å². The number of nitrogens with zero attached hydrogens (tertiary/aromatic N) is 3. The molecule has 3 heterocycles. The van der Waals surface area contributed by atoms with E-state index >= 15 is 0 Å². The number of rotatable bonds is 9. The molecule has 0 amide bonds. The van der Waals surface area contributed by atoms with Gasteiger partial charge in [0.25, 0.3) is 5.56 Å². The number of aryl methyl sites for hydroxylation is 1. The Kier molecular flexibility index (Phi) is 8.82. The number of thiazole rings is 1. The van der Waals surface area contributed by atoms with Gasteiger partial charge in [-0.2, -0.15) is 0 Å². The molecule has 1 atom stereocenters. The highest BCUT2D eigenvalue weighted by molar-refractivity contribution is 7.07. The van der Waals surface area contributed by atoms with E-state index in [2.05, 4.69) is 10.6 Å². The fourth-order valence-corrected chi connectivity index (χ4v) is 6.55. The van der Waals surface area contributed by atoms with Gasteiger partial charge in [0.15, 0.2) is 16.3 Å². The fourth-order valence-electron chi connectivity index (χ4n) is 5.52. The Hall–Kier alpha value is -4.57. The molecule has 9 nitrogen and oxygen atoms in total. The van der Waals surface area contributed by atoms with E-state index in [-0.39, 0.29) is 18.3 Å². The Labute approximate surface area is 260 Å². The third-order valence-electron chi connectivity index (χ3n) is 7.47. The number of allylic oxidation sites excluding steroid dienone is 1. The number of aromatic nitrogens is 2. The maximum Gasteiger partial charge on any atom is 0.338 e. The first-order valence-electron chi connectivity index (χ1n) is 14.5. The Morgan fingerprint density at radius 3 is 2.39 bits per heavy atom. The minimum atomic E-state index is -0.763. The van der Waals surface area contributed by atoms with Gasteiger partial charge < -0.3 is 23.5 Å². The molecule has 0 N–H and O–H groups in total. The summed E-state index contributed by atoms with van der Waals surface area (Å²) in [5, 5.41) is 0. The van der Waals surface area contributed by atoms with Crippen molar-refractivity contribution in [3.05, 3.63) is 102 Å². The largest absolute Gasteiger partial charge is 0.497 e. The summed E-state index contributed by atoms with van der Waals surface area (Å²) in [6, 6.07) is 14.6. The number of ether oxygens (including phenoxy) is 4. The summed E-state index contributed by atoms with van der Waals surface area (Å²) < 4.78 is 26.5. The lowest BCUT2D eigenvalue weighted by molar-refractivity contribution is -0.139. The van der Waals surface area contributed by atoms with E-state index in [1.165, 1.54) is 11.3 Å². The smallest absolute Gasteiger partial charge is 0.338 e. The second kappa shape index (κ2) is 12.6. The van der Waals surface area contributed by atoms with E-state index in [0.717, 1.165) is 28.4 Å². The number of hydrogen-bond acceptors (Lipinski definition) is 8. The molecule has 230 valence electrons. The molecular formula is C34H37N3O6S. The zero-order valence-corrected chi connectivity index (χ0v) is 27.1. The standard InChI is InChI=1S/C34H37N3O6S/c1-9-42-33(39)30-21(5)35-34-37(31(30)23-10-15-27(43-19(2)3)28(17-23)41-8)32(38)29(44-34)18-24-16-20(4)36(22(24)6)25-11-13-26(40-7)14-12-25/h10-19,31H,9H2,1-8H3/b29-18-/t31-/m0/s1. The van der Waals surface area contributed by atoms with Gasteiger partial charge in [-0.25, -0.2) is 9.79 Å². The molecule has 44 heavy (non-hydrogen) atoms. The lowest BCUT2D eigenvalue weighted by atomic mass is 9.95. The molecule has 0 aliphatic carbocycles. The van der Waals surface area contributed by atoms with Crippen LogP contribution in [0.2, 0.25) is 0 Å². The first-order chi connectivity index (χ1) is 21.1. The molecule has 4 aromatic rings. The number of fused-ring (bicyclic) bond motifs is 1. The van der Waals surface area contributed by atoms with Crippen LogP contribution < -0.4 is 29.1 Å². The third-order valence-corrected chi connectivity index (χ3v) is 8.45. The second-order valence-corrected chi connectivity index (χ2v) is 11.7. The van der Waals surface area contributed by atoms with Crippen molar-refractivity contribution in [3.63, 3.8) is 0 Å². The van der Waals surface area contributed by atoms with Crippen LogP contribution in [0.4, 0.5) is 0 Å². The van der Waals surface area contributed by atoms with Crippen molar-refractivity contribution >= 4 is 23.4 Å². The van der Waals surface area contributed by atoms with Gasteiger partial charge in [0.05, 0.1) is 48.8 Å². The van der Waals surface area contributed by atoms with Gasteiger partial charge >= 0.3 is 5.97 Å². The summed E-state index contributed by atoms with van der Waals surface area (Å²) in [4.78, 5) is 32.7. The lowest BCUT2D eigenvalue weighted by Crippen LogP contribution is -2.40. The molecule has 10 heteroatoms. The predicted octanol–water partition coefficient (Wildman–Crippen LogP) is 5.01. The Bertz CT molecular complexity index is 1930. The molecule has 0 unspecified atom stereocenters. The van der Waals surface area contributed by atoms with Crippen LogP contribution in [0.5, 0.6) is 17.2 Å². The minimum absolute atomic E-state index is 0.0589. The number of methoxy groups -OCH3 is 2. The van der Waals surface area contributed by atoms with E-state index in [9.17, 15) is 9.59 Å². The third kappa shape index (κ3) is 5.69. The van der Waals surface area contributed by atoms with Gasteiger partial charge in [0.1, 0.15) is 5.75 Å². The predicted molar refractivity (Wildman–Crippen MR) is 171 cm³/mol. The van der Waals surface area contributed by atoms with E-state index in [0.29, 0.717) is 37.7 Å². The molecule has 0 saturated heterocycles. The number of hydrogen-bond donors (Lipinski definition) is 0. The number of carbonyl (C=O) groups excluding carboxylic acids is 1. The van der Waals surface area contributed by atoms with Crippen molar-refractivity contribution in [2.45, 2.75) is 53.7 Å². The lowest BCUT2D eigenvalue weighted by Gasteiger charge is -2.25. The Morgan fingerprint density at radius 1 is 1.02 bits per heavy atom. The maximum absolute atomic E-state index is 14.2. The van der Waals surface area contributed by atoms with Crippen molar-refractivity contribution in [1.82, 2.24) is 9.13 Å². The second-order valence-electron chi connectivity index (χ2n) is 10.7. The highest BCUT2D eigenvalue weighted by Gasteiger charge is 2.34. The Morgan fingerprint density at radius 2 is 1.75 bits per heavy atom. The van der Waals surface area contributed by atoms with Crippen LogP contribution in [0, 0.1) is 13.8 Å². The Balaban J connectivity index is 1.67. The van der Waals surface area contributed by atoms with E-state index in [1.807, 2.05) is 64.1 Å². The topological polar surface area (TPSA) is 93.3 Å². The van der Waals surface area contributed by atoms with Gasteiger partial charge in [0, 0.05) is 17.1 Å². The summed E-state index contributed by atoms with van der Waals surface area (Å²) in [5.41, 5.74) is 5.17. The first-order valence-corrected chi connectivity index (χ1v) is 15.3. The number of benzene rings is 2. The molecule has 2 aromatic carbocycles. The first kappa shape index (κ1) is 30.9. The fraction of sp³-hybridized carbons (Fsp3) is 0.324. The number of carbonyl (C=O) groups is 1. The quantitative estimate of drug-likeness (QED) is 0.246. The van der Waals surface area contributed by atoms with Crippen molar-refractivity contribution < 1.29 is 23.7 Å². The molecule has 0 fully saturated rings. The molecule has 2 aromatic heterocycles.